The molecule has 2 rings (SSSR count). The van der Waals surface area contributed by atoms with Gasteiger partial charge >= 0.3 is 0 Å². The van der Waals surface area contributed by atoms with Gasteiger partial charge in [-0.1, -0.05) is 6.07 Å². The molecule has 2 N–H and O–H groups in total. The second-order valence-electron chi connectivity index (χ2n) is 3.97. The summed E-state index contributed by atoms with van der Waals surface area (Å²) in [6.45, 7) is 0.774. The van der Waals surface area contributed by atoms with Gasteiger partial charge < -0.3 is 5.73 Å². The Bertz CT molecular complexity index is 336. The third-order valence-corrected chi connectivity index (χ3v) is 4.82. The number of hydrogen-bond acceptors (Lipinski definition) is 2. The molecule has 0 aliphatic heterocycles. The molecule has 0 aromatic heterocycles. The van der Waals surface area contributed by atoms with E-state index in [4.69, 9.17) is 5.73 Å². The molecule has 1 aliphatic carbocycles. The Morgan fingerprint density at radius 3 is 2.80 bits per heavy atom. The van der Waals surface area contributed by atoms with Crippen LogP contribution < -0.4 is 5.73 Å². The summed E-state index contributed by atoms with van der Waals surface area (Å²) in [6.07, 6.45) is 4.92. The van der Waals surface area contributed by atoms with Gasteiger partial charge in [-0.05, 0) is 65.9 Å². The van der Waals surface area contributed by atoms with Crippen LogP contribution in [0.2, 0.25) is 0 Å². The number of halogens is 1. The molecule has 82 valence electrons. The van der Waals surface area contributed by atoms with Gasteiger partial charge in [-0.2, -0.15) is 0 Å². The fourth-order valence-corrected chi connectivity index (χ4v) is 3.22. The molecule has 0 atom stereocenters. The van der Waals surface area contributed by atoms with Crippen LogP contribution in [-0.4, -0.2) is 11.8 Å². The molecule has 1 aliphatic rings. The minimum Gasteiger partial charge on any atom is -0.330 e. The van der Waals surface area contributed by atoms with E-state index >= 15 is 0 Å². The average Bonchev–Trinajstić information content (AvgIpc) is 3.02. The first kappa shape index (κ1) is 11.5. The van der Waals surface area contributed by atoms with Crippen molar-refractivity contribution in [2.75, 3.05) is 6.54 Å². The lowest BCUT2D eigenvalue weighted by molar-refractivity contribution is 0.831. The van der Waals surface area contributed by atoms with Gasteiger partial charge in [0.15, 0.2) is 0 Å². The number of aryl methyl sites for hydroxylation is 1. The van der Waals surface area contributed by atoms with Crippen LogP contribution in [-0.2, 0) is 6.42 Å². The molecule has 1 saturated carbocycles. The van der Waals surface area contributed by atoms with Crippen LogP contribution in [0.25, 0.3) is 0 Å². The van der Waals surface area contributed by atoms with Crippen molar-refractivity contribution in [3.8, 4) is 0 Å². The molecule has 15 heavy (non-hydrogen) atoms. The van der Waals surface area contributed by atoms with Crippen LogP contribution in [0.1, 0.15) is 24.8 Å². The maximum atomic E-state index is 5.50. The summed E-state index contributed by atoms with van der Waals surface area (Å²) < 4.78 is 1.24. The summed E-state index contributed by atoms with van der Waals surface area (Å²) in [4.78, 5) is 1.38. The molecule has 0 heterocycles. The van der Waals surface area contributed by atoms with Gasteiger partial charge in [0.25, 0.3) is 0 Å². The van der Waals surface area contributed by atoms with Gasteiger partial charge in [0.1, 0.15) is 0 Å². The molecule has 0 radical (unpaired) electrons. The number of hydrogen-bond donors (Lipinski definition) is 1. The SMILES string of the molecule is NCCCc1ccc(SC2CC2)c(Br)c1. The summed E-state index contributed by atoms with van der Waals surface area (Å²) in [7, 11) is 0. The second kappa shape index (κ2) is 5.37. The quantitative estimate of drug-likeness (QED) is 0.895. The van der Waals surface area contributed by atoms with E-state index in [-0.39, 0.29) is 0 Å². The normalized spacial score (nSPS) is 15.6. The van der Waals surface area contributed by atoms with E-state index in [0.29, 0.717) is 0 Å². The molecule has 0 unspecified atom stereocenters. The summed E-state index contributed by atoms with van der Waals surface area (Å²) >= 11 is 5.64. The Kier molecular flexibility index (Phi) is 4.12. The molecular formula is C12H16BrNS. The Labute approximate surface area is 104 Å². The van der Waals surface area contributed by atoms with Crippen molar-refractivity contribution >= 4 is 27.7 Å². The van der Waals surface area contributed by atoms with Crippen LogP contribution in [0.15, 0.2) is 27.6 Å². The summed E-state index contributed by atoms with van der Waals surface area (Å²) in [5, 5.41) is 0.871. The third kappa shape index (κ3) is 3.51. The number of thioether (sulfide) groups is 1. The predicted octanol–water partition coefficient (Wildman–Crippen LogP) is 3.59. The maximum absolute atomic E-state index is 5.50. The lowest BCUT2D eigenvalue weighted by atomic mass is 10.1. The van der Waals surface area contributed by atoms with E-state index in [1.807, 2.05) is 11.8 Å². The molecule has 1 aromatic rings. The molecule has 3 heteroatoms. The molecule has 0 spiro atoms. The lowest BCUT2D eigenvalue weighted by Gasteiger charge is -2.06. The van der Waals surface area contributed by atoms with Gasteiger partial charge in [0, 0.05) is 14.6 Å². The topological polar surface area (TPSA) is 26.0 Å². The van der Waals surface area contributed by atoms with Crippen molar-refractivity contribution in [2.45, 2.75) is 35.8 Å². The molecule has 1 nitrogen and oxygen atoms in total. The molecule has 0 saturated heterocycles. The lowest BCUT2D eigenvalue weighted by Crippen LogP contribution is -2.00. The summed E-state index contributed by atoms with van der Waals surface area (Å²) in [5.74, 6) is 0. The highest BCUT2D eigenvalue weighted by molar-refractivity contribution is 9.10. The number of rotatable bonds is 5. The monoisotopic (exact) mass is 285 g/mol. The van der Waals surface area contributed by atoms with Crippen molar-refractivity contribution in [3.05, 3.63) is 28.2 Å². The van der Waals surface area contributed by atoms with Gasteiger partial charge in [-0.3, -0.25) is 0 Å². The maximum Gasteiger partial charge on any atom is 0.0314 e. The first-order chi connectivity index (χ1) is 7.29. The van der Waals surface area contributed by atoms with E-state index in [1.54, 1.807) is 0 Å². The minimum absolute atomic E-state index is 0.774. The first-order valence-corrected chi connectivity index (χ1v) is 7.12. The van der Waals surface area contributed by atoms with Crippen LogP contribution in [0.5, 0.6) is 0 Å². The molecule has 0 amide bonds. The van der Waals surface area contributed by atoms with E-state index in [2.05, 4.69) is 34.1 Å². The predicted molar refractivity (Wildman–Crippen MR) is 70.4 cm³/mol. The smallest absolute Gasteiger partial charge is 0.0314 e. The van der Waals surface area contributed by atoms with Crippen molar-refractivity contribution < 1.29 is 0 Å². The van der Waals surface area contributed by atoms with E-state index < -0.39 is 0 Å². The Hall–Kier alpha value is 0.01000. The van der Waals surface area contributed by atoms with Crippen LogP contribution in [0.3, 0.4) is 0 Å². The van der Waals surface area contributed by atoms with Crippen molar-refractivity contribution in [1.82, 2.24) is 0 Å². The van der Waals surface area contributed by atoms with Crippen molar-refractivity contribution in [2.24, 2.45) is 5.73 Å². The second-order valence-corrected chi connectivity index (χ2v) is 6.17. The Morgan fingerprint density at radius 2 is 2.20 bits per heavy atom. The van der Waals surface area contributed by atoms with E-state index in [0.717, 1.165) is 24.6 Å². The standard InChI is InChI=1S/C12H16BrNS/c13-11-8-9(2-1-7-14)3-6-12(11)15-10-4-5-10/h3,6,8,10H,1-2,4-5,7,14H2. The first-order valence-electron chi connectivity index (χ1n) is 5.45. The molecule has 1 fully saturated rings. The zero-order valence-electron chi connectivity index (χ0n) is 8.71. The zero-order chi connectivity index (χ0) is 10.7. The largest absolute Gasteiger partial charge is 0.330 e. The van der Waals surface area contributed by atoms with Crippen LogP contribution in [0, 0.1) is 0 Å². The van der Waals surface area contributed by atoms with Gasteiger partial charge in [-0.25, -0.2) is 0 Å². The fraction of sp³-hybridized carbons (Fsp3) is 0.500. The molecular weight excluding hydrogens is 270 g/mol. The minimum atomic E-state index is 0.774. The van der Waals surface area contributed by atoms with Gasteiger partial charge in [0.2, 0.25) is 0 Å². The van der Waals surface area contributed by atoms with Crippen molar-refractivity contribution in [1.29, 1.82) is 0 Å². The van der Waals surface area contributed by atoms with E-state index in [9.17, 15) is 0 Å². The average molecular weight is 286 g/mol. The molecule has 0 bridgehead atoms. The van der Waals surface area contributed by atoms with Crippen molar-refractivity contribution in [3.63, 3.8) is 0 Å². The fourth-order valence-electron chi connectivity index (χ4n) is 1.47. The summed E-state index contributed by atoms with van der Waals surface area (Å²) in [5.41, 5.74) is 6.88. The molecule has 1 aromatic carbocycles. The third-order valence-electron chi connectivity index (χ3n) is 2.48. The van der Waals surface area contributed by atoms with Crippen LogP contribution >= 0.6 is 27.7 Å². The van der Waals surface area contributed by atoms with E-state index in [1.165, 1.54) is 27.8 Å². The van der Waals surface area contributed by atoms with Gasteiger partial charge in [0.05, 0.1) is 0 Å². The zero-order valence-corrected chi connectivity index (χ0v) is 11.1. The summed E-state index contributed by atoms with van der Waals surface area (Å²) in [6, 6.07) is 6.70. The Balaban J connectivity index is 2.00. The van der Waals surface area contributed by atoms with Crippen LogP contribution in [0.4, 0.5) is 0 Å². The Morgan fingerprint density at radius 1 is 1.40 bits per heavy atom. The van der Waals surface area contributed by atoms with Gasteiger partial charge in [-0.15, -0.1) is 11.8 Å². The number of nitrogens with two attached hydrogens (primary N) is 1. The highest BCUT2D eigenvalue weighted by Gasteiger charge is 2.23. The highest BCUT2D eigenvalue weighted by Crippen LogP contribution is 2.42. The highest BCUT2D eigenvalue weighted by atomic mass is 79.9. The number of benzene rings is 1.